The lowest BCUT2D eigenvalue weighted by molar-refractivity contribution is 0.474. The molecule has 5 heteroatoms. The number of phenolic OH excluding ortho intramolecular Hbond substituents is 2. The standard InChI is InChI=1S/C20H15ClN2O2/c21-16-8-5-9-17(22-12-14-6-1-3-10-18(14)24)20(16)23-13-15-7-2-4-11-19(15)25/h1-13,24-25H. The van der Waals surface area contributed by atoms with Gasteiger partial charge >= 0.3 is 0 Å². The Bertz CT molecular complexity index is 952. The van der Waals surface area contributed by atoms with Gasteiger partial charge in [-0.3, -0.25) is 9.98 Å². The number of halogens is 1. The topological polar surface area (TPSA) is 65.2 Å². The number of aliphatic imine (C=N–C) groups is 2. The van der Waals surface area contributed by atoms with E-state index < -0.39 is 0 Å². The van der Waals surface area contributed by atoms with Crippen LogP contribution in [0.5, 0.6) is 11.5 Å². The Labute approximate surface area is 150 Å². The van der Waals surface area contributed by atoms with Gasteiger partial charge in [-0.05, 0) is 36.4 Å². The average molecular weight is 351 g/mol. The highest BCUT2D eigenvalue weighted by Gasteiger charge is 2.05. The van der Waals surface area contributed by atoms with Crippen LogP contribution in [-0.4, -0.2) is 22.6 Å². The highest BCUT2D eigenvalue weighted by atomic mass is 35.5. The van der Waals surface area contributed by atoms with Gasteiger partial charge in [0.25, 0.3) is 0 Å². The van der Waals surface area contributed by atoms with Crippen molar-refractivity contribution in [1.29, 1.82) is 0 Å². The number of nitrogens with zero attached hydrogens (tertiary/aromatic N) is 2. The number of hydrogen-bond donors (Lipinski definition) is 2. The van der Waals surface area contributed by atoms with Crippen molar-refractivity contribution < 1.29 is 10.2 Å². The smallest absolute Gasteiger partial charge is 0.124 e. The summed E-state index contributed by atoms with van der Waals surface area (Å²) in [5, 5.41) is 20.1. The molecule has 4 nitrogen and oxygen atoms in total. The molecule has 3 rings (SSSR count). The molecule has 0 aliphatic carbocycles. The Morgan fingerprint density at radius 2 is 1.24 bits per heavy atom. The molecule has 0 heterocycles. The molecule has 0 saturated heterocycles. The third-order valence-corrected chi connectivity index (χ3v) is 3.82. The van der Waals surface area contributed by atoms with Gasteiger partial charge in [0.15, 0.2) is 0 Å². The van der Waals surface area contributed by atoms with Gasteiger partial charge in [-0.1, -0.05) is 41.9 Å². The van der Waals surface area contributed by atoms with E-state index in [4.69, 9.17) is 11.6 Å². The van der Waals surface area contributed by atoms with E-state index in [0.29, 0.717) is 27.5 Å². The number of aromatic hydroxyl groups is 2. The quantitative estimate of drug-likeness (QED) is 0.631. The Kier molecular flexibility index (Phi) is 5.11. The summed E-state index contributed by atoms with van der Waals surface area (Å²) in [4.78, 5) is 8.77. The minimum Gasteiger partial charge on any atom is -0.507 e. The molecule has 0 fully saturated rings. The van der Waals surface area contributed by atoms with Crippen LogP contribution in [0.4, 0.5) is 11.4 Å². The fourth-order valence-corrected chi connectivity index (χ4v) is 2.42. The van der Waals surface area contributed by atoms with Crippen LogP contribution >= 0.6 is 11.6 Å². The Morgan fingerprint density at radius 1 is 0.680 bits per heavy atom. The maximum absolute atomic E-state index is 9.83. The van der Waals surface area contributed by atoms with Crippen LogP contribution in [-0.2, 0) is 0 Å². The van der Waals surface area contributed by atoms with Gasteiger partial charge in [-0.15, -0.1) is 0 Å². The van der Waals surface area contributed by atoms with Crippen LogP contribution in [0, 0.1) is 0 Å². The molecule has 0 aliphatic rings. The van der Waals surface area contributed by atoms with E-state index in [0.717, 1.165) is 0 Å². The molecule has 25 heavy (non-hydrogen) atoms. The molecule has 0 unspecified atom stereocenters. The first kappa shape index (κ1) is 16.7. The lowest BCUT2D eigenvalue weighted by Crippen LogP contribution is -1.83. The highest BCUT2D eigenvalue weighted by Crippen LogP contribution is 2.35. The summed E-state index contributed by atoms with van der Waals surface area (Å²) in [5.41, 5.74) is 2.22. The number of para-hydroxylation sites is 3. The van der Waals surface area contributed by atoms with E-state index >= 15 is 0 Å². The Morgan fingerprint density at radius 3 is 1.84 bits per heavy atom. The highest BCUT2D eigenvalue weighted by molar-refractivity contribution is 6.33. The van der Waals surface area contributed by atoms with E-state index in [2.05, 4.69) is 9.98 Å². The first-order chi connectivity index (χ1) is 12.1. The number of benzene rings is 3. The third-order valence-electron chi connectivity index (χ3n) is 3.51. The zero-order chi connectivity index (χ0) is 17.6. The number of hydrogen-bond acceptors (Lipinski definition) is 4. The summed E-state index contributed by atoms with van der Waals surface area (Å²) < 4.78 is 0. The van der Waals surface area contributed by atoms with E-state index in [1.165, 1.54) is 6.21 Å². The maximum atomic E-state index is 9.83. The molecular weight excluding hydrogens is 336 g/mol. The normalized spacial score (nSPS) is 11.4. The largest absolute Gasteiger partial charge is 0.507 e. The van der Waals surface area contributed by atoms with Crippen molar-refractivity contribution in [2.24, 2.45) is 9.98 Å². The van der Waals surface area contributed by atoms with Crippen molar-refractivity contribution in [3.63, 3.8) is 0 Å². The second-order valence-corrected chi connectivity index (χ2v) is 5.65. The molecule has 0 aliphatic heterocycles. The third kappa shape index (κ3) is 4.05. The summed E-state index contributed by atoms with van der Waals surface area (Å²) in [6.45, 7) is 0. The zero-order valence-electron chi connectivity index (χ0n) is 13.2. The van der Waals surface area contributed by atoms with Gasteiger partial charge in [0.2, 0.25) is 0 Å². The van der Waals surface area contributed by atoms with E-state index in [1.807, 2.05) is 12.1 Å². The van der Waals surface area contributed by atoms with Gasteiger partial charge in [0.1, 0.15) is 17.2 Å². The SMILES string of the molecule is Oc1ccccc1C=Nc1cccc(Cl)c1N=Cc1ccccc1O. The van der Waals surface area contributed by atoms with Crippen molar-refractivity contribution in [3.05, 3.63) is 82.9 Å². The van der Waals surface area contributed by atoms with Crippen molar-refractivity contribution >= 4 is 35.4 Å². The van der Waals surface area contributed by atoms with Crippen molar-refractivity contribution in [2.75, 3.05) is 0 Å². The maximum Gasteiger partial charge on any atom is 0.124 e. The second-order valence-electron chi connectivity index (χ2n) is 5.24. The predicted molar refractivity (Wildman–Crippen MR) is 102 cm³/mol. The van der Waals surface area contributed by atoms with E-state index in [1.54, 1.807) is 60.8 Å². The fraction of sp³-hybridized carbons (Fsp3) is 0. The molecule has 0 aromatic heterocycles. The van der Waals surface area contributed by atoms with Crippen LogP contribution in [0.25, 0.3) is 0 Å². The van der Waals surface area contributed by atoms with Crippen molar-refractivity contribution in [3.8, 4) is 11.5 Å². The molecule has 0 bridgehead atoms. The lowest BCUT2D eigenvalue weighted by Gasteiger charge is -2.04. The molecule has 124 valence electrons. The number of phenols is 2. The summed E-state index contributed by atoms with van der Waals surface area (Å²) in [6.07, 6.45) is 3.09. The zero-order valence-corrected chi connectivity index (χ0v) is 13.9. The monoisotopic (exact) mass is 350 g/mol. The Balaban J connectivity index is 1.95. The van der Waals surface area contributed by atoms with Gasteiger partial charge < -0.3 is 10.2 Å². The average Bonchev–Trinajstić information content (AvgIpc) is 2.61. The van der Waals surface area contributed by atoms with Crippen LogP contribution in [0.3, 0.4) is 0 Å². The molecule has 0 amide bonds. The summed E-state index contributed by atoms with van der Waals surface area (Å²) in [7, 11) is 0. The predicted octanol–water partition coefficient (Wildman–Crippen LogP) is 5.25. The minimum absolute atomic E-state index is 0.137. The Hall–Kier alpha value is -3.11. The van der Waals surface area contributed by atoms with Crippen LogP contribution in [0.2, 0.25) is 5.02 Å². The first-order valence-electron chi connectivity index (χ1n) is 7.58. The van der Waals surface area contributed by atoms with Gasteiger partial charge in [0, 0.05) is 23.6 Å². The van der Waals surface area contributed by atoms with Gasteiger partial charge in [-0.2, -0.15) is 0 Å². The molecule has 0 saturated carbocycles. The van der Waals surface area contributed by atoms with Gasteiger partial charge in [-0.25, -0.2) is 0 Å². The van der Waals surface area contributed by atoms with Crippen LogP contribution in [0.15, 0.2) is 76.7 Å². The summed E-state index contributed by atoms with van der Waals surface area (Å²) in [6, 6.07) is 19.1. The minimum atomic E-state index is 0.137. The second kappa shape index (κ2) is 7.64. The fourth-order valence-electron chi connectivity index (χ4n) is 2.20. The van der Waals surface area contributed by atoms with Crippen LogP contribution in [0.1, 0.15) is 11.1 Å². The summed E-state index contributed by atoms with van der Waals surface area (Å²) >= 11 is 6.25. The van der Waals surface area contributed by atoms with E-state index in [-0.39, 0.29) is 11.5 Å². The van der Waals surface area contributed by atoms with Crippen molar-refractivity contribution in [2.45, 2.75) is 0 Å². The molecule has 0 spiro atoms. The number of rotatable bonds is 4. The molecule has 2 N–H and O–H groups in total. The van der Waals surface area contributed by atoms with Gasteiger partial charge in [0.05, 0.1) is 10.7 Å². The molecule has 3 aromatic rings. The molecule has 0 radical (unpaired) electrons. The van der Waals surface area contributed by atoms with E-state index in [9.17, 15) is 10.2 Å². The molecular formula is C20H15ClN2O2. The first-order valence-corrected chi connectivity index (χ1v) is 7.95. The molecule has 3 aromatic carbocycles. The van der Waals surface area contributed by atoms with Crippen LogP contribution < -0.4 is 0 Å². The van der Waals surface area contributed by atoms with Crippen molar-refractivity contribution in [1.82, 2.24) is 0 Å². The lowest BCUT2D eigenvalue weighted by atomic mass is 10.2. The summed E-state index contributed by atoms with van der Waals surface area (Å²) in [5.74, 6) is 0.282. The molecule has 0 atom stereocenters.